The van der Waals surface area contributed by atoms with Gasteiger partial charge in [0.15, 0.2) is 10.3 Å². The summed E-state index contributed by atoms with van der Waals surface area (Å²) in [6.07, 6.45) is 0. The Morgan fingerprint density at radius 1 is 1.33 bits per heavy atom. The number of halogens is 2. The van der Waals surface area contributed by atoms with Crippen molar-refractivity contribution < 1.29 is 0 Å². The lowest BCUT2D eigenvalue weighted by Gasteiger charge is -2.03. The fourth-order valence-corrected chi connectivity index (χ4v) is 1.13. The largest absolute Gasteiger partial charge is 0.384 e. The molecule has 6 heteroatoms. The minimum Gasteiger partial charge on any atom is -0.384 e. The van der Waals surface area contributed by atoms with E-state index in [1.807, 2.05) is 6.07 Å². The van der Waals surface area contributed by atoms with Gasteiger partial charge < -0.3 is 5.32 Å². The minimum atomic E-state index is 0.0475. The third kappa shape index (κ3) is 1.42. The molecule has 0 radical (unpaired) electrons. The molecule has 1 heterocycles. The van der Waals surface area contributed by atoms with Gasteiger partial charge in [0.2, 0.25) is 0 Å². The molecule has 0 bridgehead atoms. The second-order valence-corrected chi connectivity index (χ2v) is 2.61. The third-order valence-electron chi connectivity index (χ3n) is 1.25. The number of aromatic nitrogens is 2. The van der Waals surface area contributed by atoms with Gasteiger partial charge in [-0.15, -0.1) is 10.2 Å². The van der Waals surface area contributed by atoms with Crippen LogP contribution in [0.5, 0.6) is 0 Å². The fourth-order valence-electron chi connectivity index (χ4n) is 0.724. The number of hydrogen-bond donors (Lipinski definition) is 1. The van der Waals surface area contributed by atoms with Crippen LogP contribution in [0.3, 0.4) is 0 Å². The molecular weight excluding hydrogens is 199 g/mol. The van der Waals surface area contributed by atoms with E-state index in [-0.39, 0.29) is 15.9 Å². The predicted octanol–water partition coefficient (Wildman–Crippen LogP) is 1.70. The molecule has 0 fully saturated rings. The second kappa shape index (κ2) is 3.57. The first-order valence-electron chi connectivity index (χ1n) is 3.00. The maximum atomic E-state index is 8.65. The zero-order chi connectivity index (χ0) is 9.14. The molecule has 0 atom stereocenters. The van der Waals surface area contributed by atoms with Crippen molar-refractivity contribution in [3.05, 3.63) is 15.9 Å². The monoisotopic (exact) mass is 202 g/mol. The highest BCUT2D eigenvalue weighted by molar-refractivity contribution is 6.34. The van der Waals surface area contributed by atoms with Crippen LogP contribution < -0.4 is 5.32 Å². The Balaban J connectivity index is 3.41. The predicted molar refractivity (Wildman–Crippen MR) is 46.3 cm³/mol. The Hall–Kier alpha value is -1.05. The quantitative estimate of drug-likeness (QED) is 0.754. The first-order valence-corrected chi connectivity index (χ1v) is 3.75. The Morgan fingerprint density at radius 2 is 1.92 bits per heavy atom. The molecule has 0 saturated heterocycles. The van der Waals surface area contributed by atoms with Crippen LogP contribution in [0.1, 0.15) is 5.56 Å². The molecule has 1 rings (SSSR count). The average Bonchev–Trinajstić information content (AvgIpc) is 2.08. The van der Waals surface area contributed by atoms with Gasteiger partial charge in [-0.2, -0.15) is 5.26 Å². The molecule has 0 amide bonds. The topological polar surface area (TPSA) is 61.6 Å². The first-order chi connectivity index (χ1) is 5.70. The Labute approximate surface area is 79.1 Å². The molecular formula is C6H4Cl2N4. The van der Waals surface area contributed by atoms with Crippen molar-refractivity contribution in [1.82, 2.24) is 10.2 Å². The van der Waals surface area contributed by atoms with Crippen LogP contribution in [0.2, 0.25) is 10.3 Å². The van der Waals surface area contributed by atoms with Crippen molar-refractivity contribution >= 4 is 28.9 Å². The maximum Gasteiger partial charge on any atom is 0.176 e. The summed E-state index contributed by atoms with van der Waals surface area (Å²) in [5.74, 6) is 0. The number of nitriles is 1. The summed E-state index contributed by atoms with van der Waals surface area (Å²) in [5.41, 5.74) is 0.610. The van der Waals surface area contributed by atoms with Gasteiger partial charge in [0.05, 0.1) is 5.69 Å². The maximum absolute atomic E-state index is 8.65. The number of rotatable bonds is 1. The lowest BCUT2D eigenvalue weighted by Crippen LogP contribution is -1.98. The standard InChI is InChI=1S/C6H4Cl2N4/c1-10-4-3(2-9)5(7)11-12-6(4)8/h1H3,(H,10,11). The molecule has 0 aliphatic carbocycles. The molecule has 1 aromatic rings. The molecule has 1 N–H and O–H groups in total. The van der Waals surface area contributed by atoms with Crippen LogP contribution >= 0.6 is 23.2 Å². The Morgan fingerprint density at radius 3 is 2.33 bits per heavy atom. The highest BCUT2D eigenvalue weighted by Crippen LogP contribution is 2.26. The first kappa shape index (κ1) is 9.04. The van der Waals surface area contributed by atoms with Crippen molar-refractivity contribution in [1.29, 1.82) is 5.26 Å². The van der Waals surface area contributed by atoms with Crippen LogP contribution in [0.15, 0.2) is 0 Å². The van der Waals surface area contributed by atoms with E-state index in [0.29, 0.717) is 5.69 Å². The molecule has 0 aliphatic heterocycles. The van der Waals surface area contributed by atoms with Crippen LogP contribution in [0, 0.1) is 11.3 Å². The van der Waals surface area contributed by atoms with Crippen molar-refractivity contribution in [2.24, 2.45) is 0 Å². The Bertz CT molecular complexity index is 344. The van der Waals surface area contributed by atoms with E-state index in [0.717, 1.165) is 0 Å². The molecule has 0 saturated carbocycles. The fraction of sp³-hybridized carbons (Fsp3) is 0.167. The van der Waals surface area contributed by atoms with E-state index in [1.165, 1.54) is 0 Å². The zero-order valence-electron chi connectivity index (χ0n) is 6.10. The number of nitrogens with one attached hydrogen (secondary N) is 1. The van der Waals surface area contributed by atoms with E-state index >= 15 is 0 Å². The van der Waals surface area contributed by atoms with Gasteiger partial charge in [0.25, 0.3) is 0 Å². The summed E-state index contributed by atoms with van der Waals surface area (Å²) in [6.45, 7) is 0. The van der Waals surface area contributed by atoms with Crippen LogP contribution in [0.25, 0.3) is 0 Å². The summed E-state index contributed by atoms with van der Waals surface area (Å²) < 4.78 is 0. The van der Waals surface area contributed by atoms with Crippen LogP contribution in [-0.2, 0) is 0 Å². The van der Waals surface area contributed by atoms with Crippen molar-refractivity contribution in [3.8, 4) is 6.07 Å². The van der Waals surface area contributed by atoms with Crippen molar-refractivity contribution in [2.45, 2.75) is 0 Å². The van der Waals surface area contributed by atoms with Gasteiger partial charge >= 0.3 is 0 Å². The summed E-state index contributed by atoms with van der Waals surface area (Å²) in [7, 11) is 1.63. The summed E-state index contributed by atoms with van der Waals surface area (Å²) >= 11 is 11.2. The average molecular weight is 203 g/mol. The van der Waals surface area contributed by atoms with Crippen molar-refractivity contribution in [2.75, 3.05) is 12.4 Å². The highest BCUT2D eigenvalue weighted by atomic mass is 35.5. The summed E-state index contributed by atoms with van der Waals surface area (Å²) in [4.78, 5) is 0. The zero-order valence-corrected chi connectivity index (χ0v) is 7.61. The SMILES string of the molecule is CNc1c(Cl)nnc(Cl)c1C#N. The normalized spacial score (nSPS) is 9.17. The molecule has 62 valence electrons. The van der Waals surface area contributed by atoms with E-state index in [4.69, 9.17) is 28.5 Å². The van der Waals surface area contributed by atoms with E-state index in [1.54, 1.807) is 7.05 Å². The molecule has 0 unspecified atom stereocenters. The Kier molecular flexibility index (Phi) is 2.69. The lowest BCUT2D eigenvalue weighted by atomic mass is 10.3. The van der Waals surface area contributed by atoms with Gasteiger partial charge in [-0.05, 0) is 0 Å². The van der Waals surface area contributed by atoms with Gasteiger partial charge in [0.1, 0.15) is 11.6 Å². The van der Waals surface area contributed by atoms with Gasteiger partial charge in [-0.1, -0.05) is 23.2 Å². The van der Waals surface area contributed by atoms with E-state index in [9.17, 15) is 0 Å². The van der Waals surface area contributed by atoms with Gasteiger partial charge in [0, 0.05) is 7.05 Å². The van der Waals surface area contributed by atoms with Crippen LogP contribution in [-0.4, -0.2) is 17.2 Å². The molecule has 0 spiro atoms. The number of hydrogen-bond acceptors (Lipinski definition) is 4. The number of nitrogens with zero attached hydrogens (tertiary/aromatic N) is 3. The summed E-state index contributed by atoms with van der Waals surface area (Å²) in [5, 5.41) is 18.6. The highest BCUT2D eigenvalue weighted by Gasteiger charge is 2.11. The molecule has 4 nitrogen and oxygen atoms in total. The molecule has 0 aliphatic rings. The smallest absolute Gasteiger partial charge is 0.176 e. The molecule has 12 heavy (non-hydrogen) atoms. The van der Waals surface area contributed by atoms with Crippen LogP contribution in [0.4, 0.5) is 5.69 Å². The molecule has 1 aromatic heterocycles. The number of anilines is 1. The van der Waals surface area contributed by atoms with Gasteiger partial charge in [-0.25, -0.2) is 0 Å². The molecule has 0 aromatic carbocycles. The summed E-state index contributed by atoms with van der Waals surface area (Å²) in [6, 6.07) is 1.87. The van der Waals surface area contributed by atoms with Crippen molar-refractivity contribution in [3.63, 3.8) is 0 Å². The third-order valence-corrected chi connectivity index (χ3v) is 1.78. The second-order valence-electron chi connectivity index (χ2n) is 1.89. The van der Waals surface area contributed by atoms with E-state index in [2.05, 4.69) is 15.5 Å². The lowest BCUT2D eigenvalue weighted by molar-refractivity contribution is 1.03. The minimum absolute atomic E-state index is 0.0475. The van der Waals surface area contributed by atoms with Gasteiger partial charge in [-0.3, -0.25) is 0 Å². The van der Waals surface area contributed by atoms with E-state index < -0.39 is 0 Å².